The highest BCUT2D eigenvalue weighted by Gasteiger charge is 2.59. The van der Waals surface area contributed by atoms with Gasteiger partial charge in [0.25, 0.3) is 11.8 Å². The van der Waals surface area contributed by atoms with Crippen molar-refractivity contribution >= 4 is 36.6 Å². The van der Waals surface area contributed by atoms with Gasteiger partial charge in [-0.15, -0.1) is 24.8 Å². The van der Waals surface area contributed by atoms with Gasteiger partial charge in [0.1, 0.15) is 5.41 Å². The molecule has 4 saturated heterocycles. The Morgan fingerprint density at radius 2 is 1.44 bits per heavy atom. The van der Waals surface area contributed by atoms with Gasteiger partial charge in [0.15, 0.2) is 0 Å². The monoisotopic (exact) mass is 392 g/mol. The SMILES string of the molecule is Cl.Cl.O=C1N2CCCCCN2C(=O)C12CCCN(C1CCNCC1)C2. The molecule has 25 heavy (non-hydrogen) atoms. The van der Waals surface area contributed by atoms with E-state index in [0.717, 1.165) is 77.7 Å². The minimum atomic E-state index is -0.777. The van der Waals surface area contributed by atoms with Crippen LogP contribution in [0.3, 0.4) is 0 Å². The first kappa shape index (κ1) is 20.7. The number of nitrogens with zero attached hydrogens (tertiary/aromatic N) is 3. The van der Waals surface area contributed by atoms with Gasteiger partial charge in [-0.2, -0.15) is 0 Å². The Morgan fingerprint density at radius 1 is 0.840 bits per heavy atom. The number of carbonyl (C=O) groups is 2. The van der Waals surface area contributed by atoms with Gasteiger partial charge in [0, 0.05) is 25.7 Å². The van der Waals surface area contributed by atoms with E-state index in [-0.39, 0.29) is 36.6 Å². The number of rotatable bonds is 1. The summed E-state index contributed by atoms with van der Waals surface area (Å²) in [5.41, 5.74) is -0.777. The highest BCUT2D eigenvalue weighted by atomic mass is 35.5. The van der Waals surface area contributed by atoms with Gasteiger partial charge in [0.05, 0.1) is 0 Å². The number of amides is 2. The zero-order valence-electron chi connectivity index (χ0n) is 14.7. The molecule has 4 rings (SSSR count). The molecule has 0 aromatic carbocycles. The second-order valence-electron chi connectivity index (χ2n) is 7.55. The number of nitrogens with one attached hydrogen (secondary N) is 1. The van der Waals surface area contributed by atoms with Crippen molar-refractivity contribution in [3.8, 4) is 0 Å². The summed E-state index contributed by atoms with van der Waals surface area (Å²) in [6, 6.07) is 0.532. The fraction of sp³-hybridized carbons (Fsp3) is 0.882. The topological polar surface area (TPSA) is 55.9 Å². The predicted octanol–water partition coefficient (Wildman–Crippen LogP) is 1.43. The van der Waals surface area contributed by atoms with Crippen LogP contribution in [0.25, 0.3) is 0 Å². The third-order valence-corrected chi connectivity index (χ3v) is 6.17. The summed E-state index contributed by atoms with van der Waals surface area (Å²) in [6.45, 7) is 5.22. The molecule has 4 heterocycles. The summed E-state index contributed by atoms with van der Waals surface area (Å²) in [5.74, 6) is 0.172. The van der Waals surface area contributed by atoms with E-state index in [1.165, 1.54) is 0 Å². The molecule has 1 spiro atoms. The Hall–Kier alpha value is -0.560. The average molecular weight is 393 g/mol. The van der Waals surface area contributed by atoms with E-state index in [0.29, 0.717) is 12.6 Å². The lowest BCUT2D eigenvalue weighted by Crippen LogP contribution is -2.55. The third kappa shape index (κ3) is 3.51. The summed E-state index contributed by atoms with van der Waals surface area (Å²) >= 11 is 0. The first-order valence-electron chi connectivity index (χ1n) is 9.31. The van der Waals surface area contributed by atoms with Crippen LogP contribution in [0.15, 0.2) is 0 Å². The van der Waals surface area contributed by atoms with Crippen molar-refractivity contribution in [1.82, 2.24) is 20.2 Å². The molecule has 0 aromatic heterocycles. The van der Waals surface area contributed by atoms with Crippen LogP contribution in [0.4, 0.5) is 0 Å². The highest BCUT2D eigenvalue weighted by Crippen LogP contribution is 2.41. The molecule has 144 valence electrons. The van der Waals surface area contributed by atoms with Gasteiger partial charge in [-0.25, -0.2) is 0 Å². The first-order valence-corrected chi connectivity index (χ1v) is 9.31. The molecular weight excluding hydrogens is 363 g/mol. The first-order chi connectivity index (χ1) is 11.2. The number of likely N-dealkylation sites (tertiary alicyclic amines) is 1. The molecule has 0 aliphatic carbocycles. The molecule has 2 amide bonds. The van der Waals surface area contributed by atoms with Crippen molar-refractivity contribution in [3.05, 3.63) is 0 Å². The lowest BCUT2D eigenvalue weighted by molar-refractivity contribution is -0.145. The lowest BCUT2D eigenvalue weighted by Gasteiger charge is -2.42. The molecule has 8 heteroatoms. The quantitative estimate of drug-likeness (QED) is 0.685. The summed E-state index contributed by atoms with van der Waals surface area (Å²) in [5, 5.41) is 6.96. The molecule has 0 atom stereocenters. The maximum absolute atomic E-state index is 13.1. The minimum absolute atomic E-state index is 0. The Balaban J connectivity index is 0.00000113. The number of hydrogen-bond donors (Lipinski definition) is 1. The summed E-state index contributed by atoms with van der Waals surface area (Å²) in [4.78, 5) is 28.7. The number of fused-ring (bicyclic) bond motifs is 1. The molecule has 0 saturated carbocycles. The minimum Gasteiger partial charge on any atom is -0.317 e. The van der Waals surface area contributed by atoms with Crippen LogP contribution in [0.5, 0.6) is 0 Å². The van der Waals surface area contributed by atoms with E-state index in [4.69, 9.17) is 0 Å². The number of piperidine rings is 2. The Morgan fingerprint density at radius 3 is 2.04 bits per heavy atom. The molecule has 0 aromatic rings. The van der Waals surface area contributed by atoms with Gasteiger partial charge in [-0.1, -0.05) is 0 Å². The average Bonchev–Trinajstić information content (AvgIpc) is 2.80. The van der Waals surface area contributed by atoms with E-state index in [1.807, 2.05) is 0 Å². The van der Waals surface area contributed by atoms with Crippen LogP contribution < -0.4 is 5.32 Å². The standard InChI is InChI=1S/C17H28N4O2.2ClH/c22-15-17(16(23)21-12-3-1-2-11-20(15)21)7-4-10-19(13-17)14-5-8-18-9-6-14;;/h14,18H,1-13H2;2*1H. The molecule has 0 unspecified atom stereocenters. The zero-order chi connectivity index (χ0) is 15.9. The van der Waals surface area contributed by atoms with Gasteiger partial charge in [-0.3, -0.25) is 24.5 Å². The van der Waals surface area contributed by atoms with Crippen molar-refractivity contribution in [2.24, 2.45) is 5.41 Å². The molecule has 6 nitrogen and oxygen atoms in total. The Labute approximate surface area is 162 Å². The van der Waals surface area contributed by atoms with Crippen molar-refractivity contribution in [2.75, 3.05) is 39.3 Å². The molecule has 0 bridgehead atoms. The normalized spacial score (nSPS) is 27.5. The van der Waals surface area contributed by atoms with E-state index in [1.54, 1.807) is 10.0 Å². The Kier molecular flexibility index (Phi) is 6.99. The zero-order valence-corrected chi connectivity index (χ0v) is 16.4. The van der Waals surface area contributed by atoms with Gasteiger partial charge in [0.2, 0.25) is 0 Å². The van der Waals surface area contributed by atoms with Crippen LogP contribution in [-0.4, -0.2) is 72.0 Å². The maximum atomic E-state index is 13.1. The van der Waals surface area contributed by atoms with Crippen LogP contribution in [0, 0.1) is 5.41 Å². The Bertz CT molecular complexity index is 475. The summed E-state index contributed by atoms with van der Waals surface area (Å²) in [6.07, 6.45) is 7.11. The van der Waals surface area contributed by atoms with Crippen LogP contribution in [0.1, 0.15) is 44.9 Å². The van der Waals surface area contributed by atoms with Crippen LogP contribution in [0.2, 0.25) is 0 Å². The molecule has 0 radical (unpaired) electrons. The van der Waals surface area contributed by atoms with Crippen molar-refractivity contribution in [2.45, 2.75) is 51.0 Å². The molecular formula is C17H30Cl2N4O2. The fourth-order valence-corrected chi connectivity index (χ4v) is 4.87. The largest absolute Gasteiger partial charge is 0.317 e. The van der Waals surface area contributed by atoms with Gasteiger partial charge in [-0.05, 0) is 64.6 Å². The fourth-order valence-electron chi connectivity index (χ4n) is 4.87. The van der Waals surface area contributed by atoms with E-state index >= 15 is 0 Å². The second-order valence-corrected chi connectivity index (χ2v) is 7.55. The summed E-state index contributed by atoms with van der Waals surface area (Å²) < 4.78 is 0. The lowest BCUT2D eigenvalue weighted by atomic mass is 9.78. The number of halogens is 2. The third-order valence-electron chi connectivity index (χ3n) is 6.17. The molecule has 1 N–H and O–H groups in total. The van der Waals surface area contributed by atoms with Crippen molar-refractivity contribution < 1.29 is 9.59 Å². The number of hydrazine groups is 1. The second kappa shape index (κ2) is 8.42. The van der Waals surface area contributed by atoms with Crippen molar-refractivity contribution in [1.29, 1.82) is 0 Å². The molecule has 4 aliphatic rings. The molecule has 4 fully saturated rings. The molecule has 4 aliphatic heterocycles. The van der Waals surface area contributed by atoms with Gasteiger partial charge < -0.3 is 5.32 Å². The van der Waals surface area contributed by atoms with E-state index in [9.17, 15) is 9.59 Å². The summed E-state index contributed by atoms with van der Waals surface area (Å²) in [7, 11) is 0. The van der Waals surface area contributed by atoms with E-state index in [2.05, 4.69) is 10.2 Å². The van der Waals surface area contributed by atoms with Crippen LogP contribution >= 0.6 is 24.8 Å². The van der Waals surface area contributed by atoms with E-state index < -0.39 is 5.41 Å². The smallest absolute Gasteiger partial charge is 0.258 e. The number of hydrogen-bond acceptors (Lipinski definition) is 4. The van der Waals surface area contributed by atoms with Crippen molar-refractivity contribution in [3.63, 3.8) is 0 Å². The van der Waals surface area contributed by atoms with Gasteiger partial charge >= 0.3 is 0 Å². The maximum Gasteiger partial charge on any atom is 0.258 e. The highest BCUT2D eigenvalue weighted by molar-refractivity contribution is 6.10. The number of carbonyl (C=O) groups excluding carboxylic acids is 2. The predicted molar refractivity (Wildman–Crippen MR) is 101 cm³/mol. The van der Waals surface area contributed by atoms with Crippen LogP contribution in [-0.2, 0) is 9.59 Å².